The molecule has 2 aromatic carbocycles. The molecule has 0 aliphatic heterocycles. The van der Waals surface area contributed by atoms with E-state index in [-0.39, 0.29) is 0 Å². The third-order valence-electron chi connectivity index (χ3n) is 3.63. The number of carbonyl (C=O) groups excluding carboxylic acids is 2. The number of anilines is 1. The van der Waals surface area contributed by atoms with Gasteiger partial charge in [-0.3, -0.25) is 4.79 Å². The Morgan fingerprint density at radius 2 is 1.74 bits per heavy atom. The highest BCUT2D eigenvalue weighted by molar-refractivity contribution is 5.95. The van der Waals surface area contributed by atoms with Crippen LogP contribution in [0.2, 0.25) is 0 Å². The molecular weight excluding hydrogens is 348 g/mol. The van der Waals surface area contributed by atoms with Gasteiger partial charge in [0.05, 0.1) is 18.7 Å². The second kappa shape index (κ2) is 9.25. The van der Waals surface area contributed by atoms with E-state index in [1.54, 1.807) is 48.5 Å². The summed E-state index contributed by atoms with van der Waals surface area (Å²) < 4.78 is 15.7. The molecular formula is C20H20N2O5. The van der Waals surface area contributed by atoms with Crippen LogP contribution in [0.4, 0.5) is 5.69 Å². The number of esters is 1. The number of amides is 1. The molecule has 2 aromatic rings. The minimum atomic E-state index is -1.00. The molecule has 0 saturated heterocycles. The smallest absolute Gasteiger partial charge is 0.347 e. The Hall–Kier alpha value is -3.53. The van der Waals surface area contributed by atoms with E-state index in [2.05, 4.69) is 5.32 Å². The summed E-state index contributed by atoms with van der Waals surface area (Å²) in [7, 11) is 1.53. The quantitative estimate of drug-likeness (QED) is 0.755. The van der Waals surface area contributed by atoms with E-state index in [4.69, 9.17) is 19.5 Å². The van der Waals surface area contributed by atoms with E-state index < -0.39 is 24.1 Å². The number of rotatable bonds is 7. The van der Waals surface area contributed by atoms with Gasteiger partial charge in [-0.2, -0.15) is 5.26 Å². The molecule has 1 N–H and O–H groups in total. The van der Waals surface area contributed by atoms with Crippen molar-refractivity contribution >= 4 is 17.6 Å². The molecule has 1 amide bonds. The van der Waals surface area contributed by atoms with E-state index in [0.29, 0.717) is 22.7 Å². The minimum Gasteiger partial charge on any atom is -0.497 e. The number of nitrogens with zero attached hydrogens (tertiary/aromatic N) is 1. The van der Waals surface area contributed by atoms with Crippen LogP contribution in [0.3, 0.4) is 0 Å². The zero-order chi connectivity index (χ0) is 19.8. The van der Waals surface area contributed by atoms with Crippen molar-refractivity contribution in [2.24, 2.45) is 0 Å². The molecule has 2 atom stereocenters. The third-order valence-corrected chi connectivity index (χ3v) is 3.63. The second-order valence-electron chi connectivity index (χ2n) is 5.70. The van der Waals surface area contributed by atoms with Crippen molar-refractivity contribution < 1.29 is 23.8 Å². The number of methoxy groups -OCH3 is 1. The molecule has 0 heterocycles. The number of hydrogen-bond acceptors (Lipinski definition) is 6. The van der Waals surface area contributed by atoms with E-state index in [1.807, 2.05) is 6.07 Å². The Kier molecular flexibility index (Phi) is 6.78. The summed E-state index contributed by atoms with van der Waals surface area (Å²) in [5.41, 5.74) is 1.02. The monoisotopic (exact) mass is 368 g/mol. The molecule has 7 nitrogen and oxygen atoms in total. The first-order chi connectivity index (χ1) is 12.9. The summed E-state index contributed by atoms with van der Waals surface area (Å²) in [6.07, 6.45) is -1.92. The summed E-state index contributed by atoms with van der Waals surface area (Å²) >= 11 is 0. The second-order valence-corrected chi connectivity index (χ2v) is 5.70. The molecule has 0 unspecified atom stereocenters. The number of benzene rings is 2. The molecule has 140 valence electrons. The Balaban J connectivity index is 1.88. The largest absolute Gasteiger partial charge is 0.497 e. The first kappa shape index (κ1) is 19.8. The molecule has 0 saturated carbocycles. The van der Waals surface area contributed by atoms with Gasteiger partial charge in [0.1, 0.15) is 11.5 Å². The number of nitrogens with one attached hydrogen (secondary N) is 1. The van der Waals surface area contributed by atoms with Crippen molar-refractivity contribution in [3.63, 3.8) is 0 Å². The summed E-state index contributed by atoms with van der Waals surface area (Å²) in [6, 6.07) is 15.2. The van der Waals surface area contributed by atoms with Crippen LogP contribution >= 0.6 is 0 Å². The fourth-order valence-electron chi connectivity index (χ4n) is 2.13. The van der Waals surface area contributed by atoms with E-state index >= 15 is 0 Å². The van der Waals surface area contributed by atoms with Crippen molar-refractivity contribution in [3.05, 3.63) is 54.1 Å². The van der Waals surface area contributed by atoms with Gasteiger partial charge in [0, 0.05) is 11.8 Å². The molecule has 2 rings (SSSR count). The van der Waals surface area contributed by atoms with Crippen LogP contribution in [0.1, 0.15) is 19.4 Å². The van der Waals surface area contributed by atoms with E-state index in [0.717, 1.165) is 0 Å². The predicted octanol–water partition coefficient (Wildman–Crippen LogP) is 2.90. The fourth-order valence-corrected chi connectivity index (χ4v) is 2.13. The molecule has 27 heavy (non-hydrogen) atoms. The maximum atomic E-state index is 12.2. The summed E-state index contributed by atoms with van der Waals surface area (Å²) in [5.74, 6) is -0.122. The highest BCUT2D eigenvalue weighted by Crippen LogP contribution is 2.17. The van der Waals surface area contributed by atoms with Crippen molar-refractivity contribution in [1.82, 2.24) is 0 Å². The van der Waals surface area contributed by atoms with Gasteiger partial charge >= 0.3 is 5.97 Å². The van der Waals surface area contributed by atoms with Crippen LogP contribution < -0.4 is 14.8 Å². The maximum absolute atomic E-state index is 12.2. The number of ether oxygens (including phenoxy) is 3. The zero-order valence-corrected chi connectivity index (χ0v) is 15.3. The van der Waals surface area contributed by atoms with Crippen LogP contribution in [0.25, 0.3) is 0 Å². The molecule has 0 radical (unpaired) electrons. The lowest BCUT2D eigenvalue weighted by Gasteiger charge is -2.18. The standard InChI is InChI=1S/C20H20N2O5/c1-13(19(23)22-16-5-4-6-18(11-16)25-3)27-20(24)14(2)26-17-9-7-15(12-21)8-10-17/h4-11,13-14H,1-3H3,(H,22,23)/t13-,14+/m1/s1. The highest BCUT2D eigenvalue weighted by atomic mass is 16.6. The zero-order valence-electron chi connectivity index (χ0n) is 15.3. The van der Waals surface area contributed by atoms with Crippen molar-refractivity contribution in [3.8, 4) is 17.6 Å². The normalized spacial score (nSPS) is 12.2. The third kappa shape index (κ3) is 5.75. The van der Waals surface area contributed by atoms with Crippen LogP contribution in [-0.4, -0.2) is 31.2 Å². The fraction of sp³-hybridized carbons (Fsp3) is 0.250. The summed E-state index contributed by atoms with van der Waals surface area (Å²) in [4.78, 5) is 24.3. The lowest BCUT2D eigenvalue weighted by Crippen LogP contribution is -2.35. The SMILES string of the molecule is COc1cccc(NC(=O)[C@@H](C)OC(=O)[C@H](C)Oc2ccc(C#N)cc2)c1. The summed E-state index contributed by atoms with van der Waals surface area (Å²) in [5, 5.41) is 11.4. The average Bonchev–Trinajstić information content (AvgIpc) is 2.68. The van der Waals surface area contributed by atoms with Gasteiger partial charge in [0.25, 0.3) is 5.91 Å². The van der Waals surface area contributed by atoms with Crippen LogP contribution in [0.15, 0.2) is 48.5 Å². The first-order valence-electron chi connectivity index (χ1n) is 8.25. The summed E-state index contributed by atoms with van der Waals surface area (Å²) in [6.45, 7) is 3.00. The maximum Gasteiger partial charge on any atom is 0.347 e. The highest BCUT2D eigenvalue weighted by Gasteiger charge is 2.23. The Labute approximate surface area is 157 Å². The van der Waals surface area contributed by atoms with Crippen LogP contribution in [0.5, 0.6) is 11.5 Å². The predicted molar refractivity (Wildman–Crippen MR) is 98.4 cm³/mol. The van der Waals surface area contributed by atoms with Gasteiger partial charge < -0.3 is 19.5 Å². The van der Waals surface area contributed by atoms with Crippen molar-refractivity contribution in [2.45, 2.75) is 26.1 Å². The van der Waals surface area contributed by atoms with Gasteiger partial charge in [-0.15, -0.1) is 0 Å². The average molecular weight is 368 g/mol. The Morgan fingerprint density at radius 3 is 2.37 bits per heavy atom. The van der Waals surface area contributed by atoms with Gasteiger partial charge in [-0.05, 0) is 50.2 Å². The first-order valence-corrected chi connectivity index (χ1v) is 8.25. The molecule has 0 bridgehead atoms. The molecule has 0 aliphatic rings. The number of nitriles is 1. The van der Waals surface area contributed by atoms with Crippen LogP contribution in [-0.2, 0) is 14.3 Å². The Bertz CT molecular complexity index is 842. The van der Waals surface area contributed by atoms with Crippen molar-refractivity contribution in [2.75, 3.05) is 12.4 Å². The number of hydrogen-bond donors (Lipinski definition) is 1. The van der Waals surface area contributed by atoms with Crippen LogP contribution in [0, 0.1) is 11.3 Å². The molecule has 0 fully saturated rings. The molecule has 0 aliphatic carbocycles. The lowest BCUT2D eigenvalue weighted by atomic mass is 10.2. The van der Waals surface area contributed by atoms with Gasteiger partial charge in [-0.1, -0.05) is 6.07 Å². The van der Waals surface area contributed by atoms with Gasteiger partial charge in [-0.25, -0.2) is 4.79 Å². The molecule has 7 heteroatoms. The van der Waals surface area contributed by atoms with Gasteiger partial charge in [0.15, 0.2) is 12.2 Å². The minimum absolute atomic E-state index is 0.423. The van der Waals surface area contributed by atoms with Crippen molar-refractivity contribution in [1.29, 1.82) is 5.26 Å². The molecule has 0 spiro atoms. The van der Waals surface area contributed by atoms with E-state index in [9.17, 15) is 9.59 Å². The van der Waals surface area contributed by atoms with E-state index in [1.165, 1.54) is 21.0 Å². The lowest BCUT2D eigenvalue weighted by molar-refractivity contribution is -0.159. The topological polar surface area (TPSA) is 97.7 Å². The molecule has 0 aromatic heterocycles. The Morgan fingerprint density at radius 1 is 1.04 bits per heavy atom. The van der Waals surface area contributed by atoms with Gasteiger partial charge in [0.2, 0.25) is 0 Å². The number of carbonyl (C=O) groups is 2.